The van der Waals surface area contributed by atoms with Crippen LogP contribution in [0.4, 0.5) is 11.6 Å². The van der Waals surface area contributed by atoms with Crippen molar-refractivity contribution in [3.8, 4) is 5.75 Å². The Kier molecular flexibility index (Phi) is 4.75. The standard InChI is InChI=1S/C12H21N5O2/c1-19-10-11(13)14-9-15-12(10)17-4-2-3-16(5-6-17)7-8-18/h9,18H,2-8H2,1H3,(H2,13,14,15). The Bertz CT molecular complexity index is 415. The van der Waals surface area contributed by atoms with Gasteiger partial charge in [-0.1, -0.05) is 0 Å². The van der Waals surface area contributed by atoms with Crippen molar-refractivity contribution in [2.45, 2.75) is 6.42 Å². The molecule has 7 heteroatoms. The monoisotopic (exact) mass is 267 g/mol. The molecule has 0 aromatic carbocycles. The van der Waals surface area contributed by atoms with E-state index in [1.165, 1.54) is 6.33 Å². The minimum absolute atomic E-state index is 0.198. The fourth-order valence-corrected chi connectivity index (χ4v) is 2.35. The zero-order valence-electron chi connectivity index (χ0n) is 11.2. The van der Waals surface area contributed by atoms with Gasteiger partial charge in [-0.15, -0.1) is 0 Å². The van der Waals surface area contributed by atoms with Gasteiger partial charge in [0.15, 0.2) is 11.6 Å². The Morgan fingerprint density at radius 3 is 2.89 bits per heavy atom. The van der Waals surface area contributed by atoms with Crippen molar-refractivity contribution in [3.63, 3.8) is 0 Å². The van der Waals surface area contributed by atoms with Crippen LogP contribution in [0.25, 0.3) is 0 Å². The number of nitrogens with two attached hydrogens (primary N) is 1. The number of aliphatic hydroxyl groups is 1. The molecule has 0 amide bonds. The summed E-state index contributed by atoms with van der Waals surface area (Å²) in [6, 6.07) is 0. The molecule has 0 aliphatic carbocycles. The fraction of sp³-hybridized carbons (Fsp3) is 0.667. The minimum atomic E-state index is 0.198. The van der Waals surface area contributed by atoms with Gasteiger partial charge in [-0.05, 0) is 13.0 Å². The summed E-state index contributed by atoms with van der Waals surface area (Å²) in [6.07, 6.45) is 2.48. The number of methoxy groups -OCH3 is 1. The Labute approximate surface area is 113 Å². The van der Waals surface area contributed by atoms with Crippen LogP contribution in [0, 0.1) is 0 Å². The van der Waals surface area contributed by atoms with Gasteiger partial charge < -0.3 is 20.5 Å². The zero-order valence-corrected chi connectivity index (χ0v) is 11.2. The SMILES string of the molecule is COc1c(N)ncnc1N1CCCN(CCO)CC1. The van der Waals surface area contributed by atoms with Crippen LogP contribution in [0.2, 0.25) is 0 Å². The smallest absolute Gasteiger partial charge is 0.204 e. The number of aliphatic hydroxyl groups excluding tert-OH is 1. The maximum Gasteiger partial charge on any atom is 0.204 e. The van der Waals surface area contributed by atoms with Crippen LogP contribution in [0.1, 0.15) is 6.42 Å². The second-order valence-electron chi connectivity index (χ2n) is 4.52. The number of β-amino-alcohol motifs (C(OH)–C–C–N with tert-alkyl or cyclic N) is 1. The molecule has 7 nitrogen and oxygen atoms in total. The van der Waals surface area contributed by atoms with E-state index >= 15 is 0 Å². The van der Waals surface area contributed by atoms with Gasteiger partial charge in [0.25, 0.3) is 0 Å². The molecular formula is C12H21N5O2. The second kappa shape index (κ2) is 6.53. The summed E-state index contributed by atoms with van der Waals surface area (Å²) in [5.74, 6) is 1.66. The molecule has 0 unspecified atom stereocenters. The predicted octanol–water partition coefficient (Wildman–Crippen LogP) is -0.428. The molecule has 1 aliphatic rings. The quantitative estimate of drug-likeness (QED) is 0.765. The number of nitrogens with zero attached hydrogens (tertiary/aromatic N) is 4. The number of hydrogen-bond acceptors (Lipinski definition) is 7. The summed E-state index contributed by atoms with van der Waals surface area (Å²) in [5.41, 5.74) is 5.81. The third kappa shape index (κ3) is 3.24. The molecule has 2 rings (SSSR count). The van der Waals surface area contributed by atoms with E-state index in [0.29, 0.717) is 11.6 Å². The summed E-state index contributed by atoms with van der Waals surface area (Å²) < 4.78 is 5.30. The molecular weight excluding hydrogens is 246 g/mol. The van der Waals surface area contributed by atoms with Gasteiger partial charge in [0.1, 0.15) is 6.33 Å². The molecule has 1 saturated heterocycles. The maximum atomic E-state index is 9.00. The summed E-state index contributed by atoms with van der Waals surface area (Å²) in [7, 11) is 1.58. The highest BCUT2D eigenvalue weighted by Gasteiger charge is 2.20. The van der Waals surface area contributed by atoms with Crippen LogP contribution in [0.3, 0.4) is 0 Å². The van der Waals surface area contributed by atoms with Crippen molar-refractivity contribution in [3.05, 3.63) is 6.33 Å². The van der Waals surface area contributed by atoms with E-state index < -0.39 is 0 Å². The van der Waals surface area contributed by atoms with E-state index in [9.17, 15) is 0 Å². The van der Waals surface area contributed by atoms with Gasteiger partial charge in [-0.2, -0.15) is 0 Å². The highest BCUT2D eigenvalue weighted by Crippen LogP contribution is 2.30. The first-order valence-corrected chi connectivity index (χ1v) is 6.49. The molecule has 1 aromatic rings. The molecule has 19 heavy (non-hydrogen) atoms. The van der Waals surface area contributed by atoms with Gasteiger partial charge in [-0.25, -0.2) is 9.97 Å². The Balaban J connectivity index is 2.12. The van der Waals surface area contributed by atoms with E-state index in [-0.39, 0.29) is 6.61 Å². The van der Waals surface area contributed by atoms with Crippen LogP contribution in [-0.2, 0) is 0 Å². The average Bonchev–Trinajstić information content (AvgIpc) is 2.64. The highest BCUT2D eigenvalue weighted by atomic mass is 16.5. The average molecular weight is 267 g/mol. The molecule has 0 bridgehead atoms. The predicted molar refractivity (Wildman–Crippen MR) is 73.4 cm³/mol. The molecule has 1 aliphatic heterocycles. The van der Waals surface area contributed by atoms with Crippen molar-refractivity contribution in [2.24, 2.45) is 0 Å². The first kappa shape index (κ1) is 13.8. The molecule has 1 aromatic heterocycles. The number of aromatic nitrogens is 2. The summed E-state index contributed by atoms with van der Waals surface area (Å²) in [5, 5.41) is 9.00. The Morgan fingerprint density at radius 2 is 2.16 bits per heavy atom. The summed E-state index contributed by atoms with van der Waals surface area (Å²) in [4.78, 5) is 12.6. The molecule has 0 atom stereocenters. The highest BCUT2D eigenvalue weighted by molar-refractivity contribution is 5.62. The molecule has 1 fully saturated rings. The van der Waals surface area contributed by atoms with Crippen LogP contribution in [0.5, 0.6) is 5.75 Å². The van der Waals surface area contributed by atoms with E-state index in [1.807, 2.05) is 0 Å². The number of rotatable bonds is 4. The number of anilines is 2. The summed E-state index contributed by atoms with van der Waals surface area (Å²) >= 11 is 0. The molecule has 3 N–H and O–H groups in total. The fourth-order valence-electron chi connectivity index (χ4n) is 2.35. The van der Waals surface area contributed by atoms with Gasteiger partial charge in [0.2, 0.25) is 5.75 Å². The summed E-state index contributed by atoms with van der Waals surface area (Å²) in [6.45, 7) is 4.54. The van der Waals surface area contributed by atoms with E-state index in [2.05, 4.69) is 19.8 Å². The largest absolute Gasteiger partial charge is 0.490 e. The van der Waals surface area contributed by atoms with Crippen LogP contribution in [0.15, 0.2) is 6.33 Å². The second-order valence-corrected chi connectivity index (χ2v) is 4.52. The van der Waals surface area contributed by atoms with Crippen molar-refractivity contribution >= 4 is 11.6 Å². The normalized spacial score (nSPS) is 17.3. The molecule has 0 saturated carbocycles. The maximum absolute atomic E-state index is 9.00. The van der Waals surface area contributed by atoms with E-state index in [1.54, 1.807) is 7.11 Å². The molecule has 0 spiro atoms. The molecule has 0 radical (unpaired) electrons. The van der Waals surface area contributed by atoms with Crippen molar-refractivity contribution < 1.29 is 9.84 Å². The van der Waals surface area contributed by atoms with Gasteiger partial charge in [-0.3, -0.25) is 4.90 Å². The van der Waals surface area contributed by atoms with Crippen molar-refractivity contribution in [1.29, 1.82) is 0 Å². The lowest BCUT2D eigenvalue weighted by Gasteiger charge is -2.24. The van der Waals surface area contributed by atoms with E-state index in [4.69, 9.17) is 15.6 Å². The first-order chi connectivity index (χ1) is 9.26. The molecule has 106 valence electrons. The minimum Gasteiger partial charge on any atom is -0.490 e. The van der Waals surface area contributed by atoms with Gasteiger partial charge in [0.05, 0.1) is 13.7 Å². The number of nitrogen functional groups attached to an aromatic ring is 1. The van der Waals surface area contributed by atoms with Crippen LogP contribution < -0.4 is 15.4 Å². The third-order valence-electron chi connectivity index (χ3n) is 3.32. The Morgan fingerprint density at radius 1 is 1.32 bits per heavy atom. The first-order valence-electron chi connectivity index (χ1n) is 6.49. The van der Waals surface area contributed by atoms with Crippen molar-refractivity contribution in [2.75, 3.05) is 57.1 Å². The number of ether oxygens (including phenoxy) is 1. The number of hydrogen-bond donors (Lipinski definition) is 2. The topological polar surface area (TPSA) is 87.7 Å². The lowest BCUT2D eigenvalue weighted by Crippen LogP contribution is -2.33. The third-order valence-corrected chi connectivity index (χ3v) is 3.32. The zero-order chi connectivity index (χ0) is 13.7. The van der Waals surface area contributed by atoms with Gasteiger partial charge >= 0.3 is 0 Å². The lowest BCUT2D eigenvalue weighted by atomic mass is 10.3. The van der Waals surface area contributed by atoms with E-state index in [0.717, 1.165) is 45.0 Å². The Hall–Kier alpha value is -1.60. The lowest BCUT2D eigenvalue weighted by molar-refractivity contribution is 0.204. The molecule has 2 heterocycles. The van der Waals surface area contributed by atoms with Crippen molar-refractivity contribution in [1.82, 2.24) is 14.9 Å². The van der Waals surface area contributed by atoms with Gasteiger partial charge in [0, 0.05) is 26.2 Å². The van der Waals surface area contributed by atoms with Crippen LogP contribution in [-0.4, -0.2) is 66.4 Å². The van der Waals surface area contributed by atoms with Crippen LogP contribution >= 0.6 is 0 Å².